The fourth-order valence-corrected chi connectivity index (χ4v) is 3.45. The lowest BCUT2D eigenvalue weighted by atomic mass is 9.88. The Morgan fingerprint density at radius 2 is 1.00 bits per heavy atom. The van der Waals surface area contributed by atoms with E-state index in [9.17, 15) is 0 Å². The smallest absolute Gasteiger partial charge is 0.256 e. The summed E-state index contributed by atoms with van der Waals surface area (Å²) in [7, 11) is 0. The monoisotopic (exact) mass is 356 g/mol. The standard InChI is InChI=1S/C22H28O4/c1-17(2)25-21(19-11-7-5-8-12-19)22(26-18(3)4,24-16-15-23-21)20-13-9-6-10-14-20/h5-14,17-18H,15-16H2,1-4H3/t21-,22+. The van der Waals surface area contributed by atoms with Gasteiger partial charge in [0, 0.05) is 11.1 Å². The van der Waals surface area contributed by atoms with Crippen LogP contribution in [0.5, 0.6) is 0 Å². The topological polar surface area (TPSA) is 36.9 Å². The van der Waals surface area contributed by atoms with Gasteiger partial charge in [0.15, 0.2) is 0 Å². The van der Waals surface area contributed by atoms with Crippen LogP contribution in [0.2, 0.25) is 0 Å². The Balaban J connectivity index is 2.26. The summed E-state index contributed by atoms with van der Waals surface area (Å²) < 4.78 is 25.7. The summed E-state index contributed by atoms with van der Waals surface area (Å²) in [4.78, 5) is 0. The second kappa shape index (κ2) is 7.89. The molecular formula is C22H28O4. The number of ether oxygens (including phenoxy) is 4. The number of benzene rings is 2. The van der Waals surface area contributed by atoms with Crippen LogP contribution in [0, 0.1) is 0 Å². The van der Waals surface area contributed by atoms with E-state index in [4.69, 9.17) is 18.9 Å². The number of rotatable bonds is 6. The van der Waals surface area contributed by atoms with Crippen LogP contribution in [0.15, 0.2) is 60.7 Å². The lowest BCUT2D eigenvalue weighted by molar-refractivity contribution is -0.468. The molecule has 0 aliphatic carbocycles. The fraction of sp³-hybridized carbons (Fsp3) is 0.455. The van der Waals surface area contributed by atoms with Crippen molar-refractivity contribution in [2.24, 2.45) is 0 Å². The normalized spacial score (nSPS) is 26.4. The second-order valence-corrected chi connectivity index (χ2v) is 7.00. The highest BCUT2D eigenvalue weighted by atomic mass is 16.8. The van der Waals surface area contributed by atoms with E-state index >= 15 is 0 Å². The molecule has 1 aliphatic heterocycles. The van der Waals surface area contributed by atoms with Gasteiger partial charge in [-0.25, -0.2) is 0 Å². The van der Waals surface area contributed by atoms with E-state index < -0.39 is 11.6 Å². The molecule has 2 atom stereocenters. The third-order valence-corrected chi connectivity index (χ3v) is 4.24. The van der Waals surface area contributed by atoms with Crippen molar-refractivity contribution in [3.05, 3.63) is 71.8 Å². The van der Waals surface area contributed by atoms with Crippen molar-refractivity contribution in [3.63, 3.8) is 0 Å². The quantitative estimate of drug-likeness (QED) is 0.759. The predicted molar refractivity (Wildman–Crippen MR) is 101 cm³/mol. The van der Waals surface area contributed by atoms with Gasteiger partial charge in [-0.3, -0.25) is 0 Å². The Morgan fingerprint density at radius 3 is 1.31 bits per heavy atom. The van der Waals surface area contributed by atoms with Crippen LogP contribution in [0.1, 0.15) is 38.8 Å². The zero-order chi connectivity index (χ0) is 18.6. The lowest BCUT2D eigenvalue weighted by Gasteiger charge is -2.52. The molecule has 0 radical (unpaired) electrons. The van der Waals surface area contributed by atoms with Crippen molar-refractivity contribution in [2.75, 3.05) is 13.2 Å². The number of hydrogen-bond donors (Lipinski definition) is 0. The van der Waals surface area contributed by atoms with Crippen LogP contribution >= 0.6 is 0 Å². The molecule has 3 rings (SSSR count). The Hall–Kier alpha value is -1.72. The van der Waals surface area contributed by atoms with Gasteiger partial charge >= 0.3 is 0 Å². The lowest BCUT2D eigenvalue weighted by Crippen LogP contribution is -2.61. The van der Waals surface area contributed by atoms with Crippen molar-refractivity contribution >= 4 is 0 Å². The fourth-order valence-electron chi connectivity index (χ4n) is 3.45. The summed E-state index contributed by atoms with van der Waals surface area (Å²) in [5.41, 5.74) is 1.75. The maximum atomic E-state index is 6.46. The molecule has 4 nitrogen and oxygen atoms in total. The minimum Gasteiger partial charge on any atom is -0.339 e. The van der Waals surface area contributed by atoms with E-state index in [-0.39, 0.29) is 12.2 Å². The summed E-state index contributed by atoms with van der Waals surface area (Å²) in [6.45, 7) is 8.83. The maximum Gasteiger partial charge on any atom is 0.256 e. The molecule has 0 bridgehead atoms. The average Bonchev–Trinajstić information content (AvgIpc) is 2.64. The molecule has 2 aromatic rings. The maximum absolute atomic E-state index is 6.46. The van der Waals surface area contributed by atoms with Crippen LogP contribution in [-0.2, 0) is 30.5 Å². The molecule has 0 saturated carbocycles. The zero-order valence-corrected chi connectivity index (χ0v) is 16.0. The molecular weight excluding hydrogens is 328 g/mol. The third kappa shape index (κ3) is 3.42. The Labute approximate surface area is 156 Å². The minimum absolute atomic E-state index is 0.0873. The van der Waals surface area contributed by atoms with Gasteiger partial charge in [0.05, 0.1) is 25.4 Å². The van der Waals surface area contributed by atoms with E-state index in [1.807, 2.05) is 88.4 Å². The first-order valence-electron chi connectivity index (χ1n) is 9.25. The largest absolute Gasteiger partial charge is 0.339 e. The van der Waals surface area contributed by atoms with E-state index in [1.54, 1.807) is 0 Å². The van der Waals surface area contributed by atoms with Gasteiger partial charge in [0.2, 0.25) is 0 Å². The highest BCUT2D eigenvalue weighted by molar-refractivity contribution is 5.31. The molecule has 1 heterocycles. The van der Waals surface area contributed by atoms with Gasteiger partial charge in [0.1, 0.15) is 0 Å². The molecule has 1 aliphatic rings. The predicted octanol–water partition coefficient (Wildman–Crippen LogP) is 4.59. The molecule has 2 aromatic carbocycles. The average molecular weight is 356 g/mol. The van der Waals surface area contributed by atoms with Crippen LogP contribution in [0.4, 0.5) is 0 Å². The molecule has 140 valence electrons. The van der Waals surface area contributed by atoms with Gasteiger partial charge in [-0.2, -0.15) is 0 Å². The van der Waals surface area contributed by atoms with Crippen molar-refractivity contribution in [1.29, 1.82) is 0 Å². The van der Waals surface area contributed by atoms with Crippen LogP contribution in [0.25, 0.3) is 0 Å². The van der Waals surface area contributed by atoms with Gasteiger partial charge in [0.25, 0.3) is 11.6 Å². The second-order valence-electron chi connectivity index (χ2n) is 7.00. The van der Waals surface area contributed by atoms with Gasteiger partial charge in [-0.05, 0) is 27.7 Å². The molecule has 26 heavy (non-hydrogen) atoms. The summed E-state index contributed by atoms with van der Waals surface area (Å²) >= 11 is 0. The van der Waals surface area contributed by atoms with Crippen molar-refractivity contribution < 1.29 is 18.9 Å². The van der Waals surface area contributed by atoms with Crippen LogP contribution in [0.3, 0.4) is 0 Å². The number of hydrogen-bond acceptors (Lipinski definition) is 4. The van der Waals surface area contributed by atoms with Gasteiger partial charge in [-0.15, -0.1) is 0 Å². The molecule has 1 fully saturated rings. The summed E-state index contributed by atoms with van der Waals surface area (Å²) in [5, 5.41) is 0. The Kier molecular flexibility index (Phi) is 5.78. The summed E-state index contributed by atoms with van der Waals surface area (Å²) in [6, 6.07) is 19.8. The molecule has 0 amide bonds. The van der Waals surface area contributed by atoms with E-state index in [0.717, 1.165) is 11.1 Å². The summed E-state index contributed by atoms with van der Waals surface area (Å²) in [5.74, 6) is -2.40. The van der Waals surface area contributed by atoms with Crippen LogP contribution in [-0.4, -0.2) is 25.4 Å². The van der Waals surface area contributed by atoms with Crippen molar-refractivity contribution in [3.8, 4) is 0 Å². The molecule has 1 saturated heterocycles. The first-order valence-corrected chi connectivity index (χ1v) is 9.25. The van der Waals surface area contributed by atoms with Crippen molar-refractivity contribution in [2.45, 2.75) is 51.5 Å². The highest BCUT2D eigenvalue weighted by Crippen LogP contribution is 2.51. The van der Waals surface area contributed by atoms with E-state index in [0.29, 0.717) is 13.2 Å². The van der Waals surface area contributed by atoms with Gasteiger partial charge in [-0.1, -0.05) is 60.7 Å². The Bertz CT molecular complexity index is 624. The molecule has 0 aromatic heterocycles. The van der Waals surface area contributed by atoms with Gasteiger partial charge < -0.3 is 18.9 Å². The van der Waals surface area contributed by atoms with E-state index in [2.05, 4.69) is 0 Å². The molecule has 0 spiro atoms. The summed E-state index contributed by atoms with van der Waals surface area (Å²) in [6.07, 6.45) is -0.175. The van der Waals surface area contributed by atoms with Crippen molar-refractivity contribution in [1.82, 2.24) is 0 Å². The molecule has 0 unspecified atom stereocenters. The Morgan fingerprint density at radius 1 is 0.654 bits per heavy atom. The molecule has 0 N–H and O–H groups in total. The molecule has 4 heteroatoms. The van der Waals surface area contributed by atoms with E-state index in [1.165, 1.54) is 0 Å². The zero-order valence-electron chi connectivity index (χ0n) is 16.0. The minimum atomic E-state index is -1.20. The third-order valence-electron chi connectivity index (χ3n) is 4.24. The van der Waals surface area contributed by atoms with Crippen LogP contribution < -0.4 is 0 Å². The first kappa shape index (κ1) is 19.1. The highest BCUT2D eigenvalue weighted by Gasteiger charge is 2.62. The first-order chi connectivity index (χ1) is 12.5. The SMILES string of the molecule is CC(C)O[C@]1(c2ccccc2)OCCO[C@@]1(OC(C)C)c1ccccc1.